The lowest BCUT2D eigenvalue weighted by Gasteiger charge is -2.32. The fourth-order valence-electron chi connectivity index (χ4n) is 2.27. The largest absolute Gasteiger partial charge is 0.269 e. The van der Waals surface area contributed by atoms with Crippen LogP contribution >= 0.6 is 0 Å². The average Bonchev–Trinajstić information content (AvgIpc) is 2.53. The molecule has 1 saturated heterocycles. The van der Waals surface area contributed by atoms with Gasteiger partial charge < -0.3 is 0 Å². The highest BCUT2D eigenvalue weighted by atomic mass is 32.2. The van der Waals surface area contributed by atoms with Gasteiger partial charge in [0, 0.05) is 11.6 Å². The molecule has 1 unspecified atom stereocenters. The molecule has 0 aromatic heterocycles. The van der Waals surface area contributed by atoms with Crippen molar-refractivity contribution in [2.24, 2.45) is 0 Å². The van der Waals surface area contributed by atoms with E-state index in [4.69, 9.17) is 0 Å². The average molecular weight is 243 g/mol. The summed E-state index contributed by atoms with van der Waals surface area (Å²) in [5.74, 6) is -0.857. The zero-order valence-corrected chi connectivity index (χ0v) is 10.0. The van der Waals surface area contributed by atoms with Gasteiger partial charge in [0.05, 0.1) is 17.0 Å². The van der Waals surface area contributed by atoms with Crippen LogP contribution in [0.2, 0.25) is 0 Å². The molecular weight excluding hydrogens is 230 g/mol. The molecule has 0 aromatic rings. The maximum atomic E-state index is 11.8. The highest BCUT2D eigenvalue weighted by Gasteiger charge is 2.49. The van der Waals surface area contributed by atoms with Crippen molar-refractivity contribution in [3.05, 3.63) is 11.6 Å². The maximum Gasteiger partial charge on any atom is 0.257 e. The van der Waals surface area contributed by atoms with Crippen molar-refractivity contribution in [3.63, 3.8) is 0 Å². The predicted octanol–water partition coefficient (Wildman–Crippen LogP) is -0.121. The molecular formula is C10H13NO4S. The summed E-state index contributed by atoms with van der Waals surface area (Å²) in [7, 11) is -3.12. The van der Waals surface area contributed by atoms with Gasteiger partial charge in [-0.05, 0) is 20.3 Å². The Morgan fingerprint density at radius 1 is 1.38 bits per heavy atom. The van der Waals surface area contributed by atoms with E-state index in [1.165, 1.54) is 6.08 Å². The maximum absolute atomic E-state index is 11.8. The molecule has 2 amide bonds. The van der Waals surface area contributed by atoms with Gasteiger partial charge in [0.25, 0.3) is 11.8 Å². The van der Waals surface area contributed by atoms with E-state index in [0.29, 0.717) is 12.0 Å². The molecule has 0 N–H and O–H groups in total. The smallest absolute Gasteiger partial charge is 0.257 e. The number of sulfone groups is 1. The summed E-state index contributed by atoms with van der Waals surface area (Å²) >= 11 is 0. The molecule has 16 heavy (non-hydrogen) atoms. The van der Waals surface area contributed by atoms with Gasteiger partial charge in [-0.2, -0.15) is 0 Å². The molecule has 0 spiro atoms. The monoisotopic (exact) mass is 243 g/mol. The molecule has 0 saturated carbocycles. The quantitative estimate of drug-likeness (QED) is 0.602. The predicted molar refractivity (Wildman–Crippen MR) is 57.3 cm³/mol. The van der Waals surface area contributed by atoms with Crippen LogP contribution in [0, 0.1) is 0 Å². The first-order valence-corrected chi connectivity index (χ1v) is 6.85. The first-order chi connectivity index (χ1) is 7.25. The normalized spacial score (nSPS) is 33.4. The van der Waals surface area contributed by atoms with Crippen molar-refractivity contribution in [1.82, 2.24) is 4.90 Å². The fourth-order valence-corrected chi connectivity index (χ4v) is 4.39. The molecule has 2 aliphatic heterocycles. The Morgan fingerprint density at radius 3 is 2.38 bits per heavy atom. The van der Waals surface area contributed by atoms with E-state index in [0.717, 1.165) is 4.90 Å². The van der Waals surface area contributed by atoms with Gasteiger partial charge in [-0.1, -0.05) is 0 Å². The van der Waals surface area contributed by atoms with Crippen molar-refractivity contribution in [1.29, 1.82) is 0 Å². The van der Waals surface area contributed by atoms with Crippen molar-refractivity contribution in [2.75, 3.05) is 11.5 Å². The third-order valence-corrected chi connectivity index (χ3v) is 5.01. The third-order valence-electron chi connectivity index (χ3n) is 3.12. The van der Waals surface area contributed by atoms with Gasteiger partial charge >= 0.3 is 0 Å². The Labute approximate surface area is 94.0 Å². The van der Waals surface area contributed by atoms with E-state index in [1.807, 2.05) is 0 Å². The van der Waals surface area contributed by atoms with Crippen LogP contribution in [-0.2, 0) is 19.4 Å². The number of hydrogen-bond donors (Lipinski definition) is 0. The molecule has 6 heteroatoms. The number of imide groups is 1. The van der Waals surface area contributed by atoms with Crippen molar-refractivity contribution >= 4 is 21.7 Å². The van der Waals surface area contributed by atoms with Gasteiger partial charge in [-0.3, -0.25) is 14.5 Å². The molecule has 2 rings (SSSR count). The first kappa shape index (κ1) is 11.3. The molecule has 0 aromatic carbocycles. The molecule has 5 nitrogen and oxygen atoms in total. The zero-order chi connectivity index (χ0) is 12.1. The summed E-state index contributed by atoms with van der Waals surface area (Å²) in [5.41, 5.74) is -0.503. The van der Waals surface area contributed by atoms with E-state index < -0.39 is 21.3 Å². The van der Waals surface area contributed by atoms with E-state index in [9.17, 15) is 18.0 Å². The van der Waals surface area contributed by atoms with E-state index in [1.54, 1.807) is 13.8 Å². The lowest BCUT2D eigenvalue weighted by molar-refractivity contribution is -0.142. The van der Waals surface area contributed by atoms with E-state index >= 15 is 0 Å². The minimum absolute atomic E-state index is 0.0413. The minimum atomic E-state index is -3.12. The molecule has 0 radical (unpaired) electrons. The van der Waals surface area contributed by atoms with Crippen LogP contribution in [0.1, 0.15) is 20.3 Å². The van der Waals surface area contributed by atoms with Crippen molar-refractivity contribution in [3.8, 4) is 0 Å². The Kier molecular flexibility index (Phi) is 2.24. The number of hydrogen-bond acceptors (Lipinski definition) is 4. The Morgan fingerprint density at radius 2 is 2.00 bits per heavy atom. The third kappa shape index (κ3) is 1.57. The lowest BCUT2D eigenvalue weighted by atomic mass is 9.99. The van der Waals surface area contributed by atoms with Crippen LogP contribution in [0.25, 0.3) is 0 Å². The summed E-state index contributed by atoms with van der Waals surface area (Å²) in [6.45, 7) is 3.22. The fraction of sp³-hybridized carbons (Fsp3) is 0.600. The number of nitrogens with zero attached hydrogens (tertiary/aromatic N) is 1. The van der Waals surface area contributed by atoms with Crippen LogP contribution in [0.5, 0.6) is 0 Å². The second kappa shape index (κ2) is 3.16. The van der Waals surface area contributed by atoms with Crippen LogP contribution < -0.4 is 0 Å². The molecule has 0 aliphatic carbocycles. The second-order valence-corrected chi connectivity index (χ2v) is 6.83. The Balaban J connectivity index is 2.35. The standard InChI is InChI=1S/C10H13NO4S/c1-7-5-8(12)11(9(7)13)10(2)3-4-16(14,15)6-10/h5H,3-4,6H2,1-2H3. The summed E-state index contributed by atoms with van der Waals surface area (Å²) in [6.07, 6.45) is 1.59. The second-order valence-electron chi connectivity index (χ2n) is 4.65. The lowest BCUT2D eigenvalue weighted by Crippen LogP contribution is -2.51. The number of amides is 2. The summed E-state index contributed by atoms with van der Waals surface area (Å²) in [4.78, 5) is 24.5. The highest BCUT2D eigenvalue weighted by molar-refractivity contribution is 7.91. The van der Waals surface area contributed by atoms with E-state index in [2.05, 4.69) is 0 Å². The molecule has 0 bridgehead atoms. The van der Waals surface area contributed by atoms with Gasteiger partial charge in [0.2, 0.25) is 0 Å². The van der Waals surface area contributed by atoms with Gasteiger partial charge in [-0.25, -0.2) is 8.42 Å². The summed E-state index contributed by atoms with van der Waals surface area (Å²) in [6, 6.07) is 0. The molecule has 2 aliphatic rings. The Hall–Kier alpha value is -1.17. The molecule has 1 atom stereocenters. The minimum Gasteiger partial charge on any atom is -0.269 e. The van der Waals surface area contributed by atoms with Crippen molar-refractivity contribution < 1.29 is 18.0 Å². The number of rotatable bonds is 1. The van der Waals surface area contributed by atoms with Gasteiger partial charge in [0.15, 0.2) is 9.84 Å². The molecule has 1 fully saturated rings. The first-order valence-electron chi connectivity index (χ1n) is 5.02. The van der Waals surface area contributed by atoms with Crippen molar-refractivity contribution in [2.45, 2.75) is 25.8 Å². The number of carbonyl (C=O) groups excluding carboxylic acids is 2. The molecule has 88 valence electrons. The topological polar surface area (TPSA) is 71.5 Å². The summed E-state index contributed by atoms with van der Waals surface area (Å²) in [5, 5.41) is 0. The SMILES string of the molecule is CC1=CC(=O)N(C2(C)CCS(=O)(=O)C2)C1=O. The number of carbonyl (C=O) groups is 2. The highest BCUT2D eigenvalue weighted by Crippen LogP contribution is 2.33. The van der Waals surface area contributed by atoms with Crippen LogP contribution in [0.3, 0.4) is 0 Å². The van der Waals surface area contributed by atoms with Gasteiger partial charge in [-0.15, -0.1) is 0 Å². The Bertz CT molecular complexity index is 505. The van der Waals surface area contributed by atoms with Gasteiger partial charge in [0.1, 0.15) is 0 Å². The van der Waals surface area contributed by atoms with Crippen LogP contribution in [0.15, 0.2) is 11.6 Å². The zero-order valence-electron chi connectivity index (χ0n) is 9.19. The summed E-state index contributed by atoms with van der Waals surface area (Å²) < 4.78 is 22.9. The van der Waals surface area contributed by atoms with E-state index in [-0.39, 0.29) is 17.4 Å². The van der Waals surface area contributed by atoms with Crippen LogP contribution in [-0.4, -0.2) is 42.2 Å². The molecule has 2 heterocycles. The van der Waals surface area contributed by atoms with Crippen LogP contribution in [0.4, 0.5) is 0 Å².